The Hall–Kier alpha value is -3.06. The summed E-state index contributed by atoms with van der Waals surface area (Å²) in [7, 11) is 0. The molecule has 1 saturated heterocycles. The molecule has 1 aliphatic heterocycles. The largest absolute Gasteiger partial charge is 0.435 e. The van der Waals surface area contributed by atoms with Gasteiger partial charge in [0, 0.05) is 19.2 Å². The maximum Gasteiger partial charge on any atom is 0.387 e. The molecule has 29 heavy (non-hydrogen) atoms. The third-order valence-corrected chi connectivity index (χ3v) is 5.11. The van der Waals surface area contributed by atoms with Crippen molar-refractivity contribution < 1.29 is 18.3 Å². The first kappa shape index (κ1) is 19.3. The first-order valence-electron chi connectivity index (χ1n) is 9.51. The van der Waals surface area contributed by atoms with E-state index >= 15 is 0 Å². The molecule has 1 aliphatic rings. The Balaban J connectivity index is 1.40. The van der Waals surface area contributed by atoms with Crippen molar-refractivity contribution in [1.29, 1.82) is 0 Å². The van der Waals surface area contributed by atoms with E-state index in [9.17, 15) is 13.6 Å². The predicted molar refractivity (Wildman–Crippen MR) is 105 cm³/mol. The second-order valence-electron chi connectivity index (χ2n) is 7.08. The van der Waals surface area contributed by atoms with Crippen molar-refractivity contribution in [1.82, 2.24) is 15.1 Å². The fourth-order valence-corrected chi connectivity index (χ4v) is 3.52. The van der Waals surface area contributed by atoms with Gasteiger partial charge in [0.05, 0.1) is 17.4 Å². The van der Waals surface area contributed by atoms with Crippen LogP contribution in [0.25, 0.3) is 5.69 Å². The number of nitrogens with one attached hydrogen (secondary N) is 1. The third kappa shape index (κ3) is 4.68. The third-order valence-electron chi connectivity index (χ3n) is 5.11. The number of Topliss-reactive ketones (excluding diaryl/α,β-unsaturated/α-hetero) is 1. The van der Waals surface area contributed by atoms with E-state index in [1.165, 1.54) is 28.6 Å². The number of halogens is 2. The van der Waals surface area contributed by atoms with Gasteiger partial charge in [0.15, 0.2) is 5.78 Å². The maximum absolute atomic E-state index is 12.6. The number of ether oxygens (including phenoxy) is 1. The fraction of sp³-hybridized carbons (Fsp3) is 0.273. The molecular formula is C22H21F2N3O2. The molecule has 0 amide bonds. The number of benzene rings is 2. The lowest BCUT2D eigenvalue weighted by atomic mass is 9.96. The van der Waals surface area contributed by atoms with Crippen LogP contribution >= 0.6 is 0 Å². The van der Waals surface area contributed by atoms with Gasteiger partial charge in [-0.15, -0.1) is 0 Å². The minimum absolute atomic E-state index is 0.0239. The molecule has 0 radical (unpaired) electrons. The molecule has 0 saturated carbocycles. The zero-order valence-electron chi connectivity index (χ0n) is 15.7. The van der Waals surface area contributed by atoms with Gasteiger partial charge in [0.1, 0.15) is 5.75 Å². The first-order valence-corrected chi connectivity index (χ1v) is 9.51. The number of hydrogen-bond donors (Lipinski definition) is 1. The lowest BCUT2D eigenvalue weighted by Crippen LogP contribution is -2.08. The van der Waals surface area contributed by atoms with Gasteiger partial charge in [-0.05, 0) is 54.3 Å². The Morgan fingerprint density at radius 3 is 2.59 bits per heavy atom. The summed E-state index contributed by atoms with van der Waals surface area (Å²) in [5.74, 6) is 0.601. The van der Waals surface area contributed by atoms with Crippen molar-refractivity contribution in [2.75, 3.05) is 13.1 Å². The highest BCUT2D eigenvalue weighted by Gasteiger charge is 2.17. The topological polar surface area (TPSA) is 56.2 Å². The zero-order valence-corrected chi connectivity index (χ0v) is 15.7. The highest BCUT2D eigenvalue weighted by molar-refractivity contribution is 5.97. The van der Waals surface area contributed by atoms with Crippen LogP contribution in [0.3, 0.4) is 0 Å². The van der Waals surface area contributed by atoms with Crippen molar-refractivity contribution in [3.05, 3.63) is 77.6 Å². The van der Waals surface area contributed by atoms with E-state index < -0.39 is 6.61 Å². The number of nitrogens with zero attached hydrogens (tertiary/aromatic N) is 2. The number of carbonyl (C=O) groups is 1. The molecule has 4 rings (SSSR count). The summed E-state index contributed by atoms with van der Waals surface area (Å²) in [6, 6.07) is 14.3. The minimum Gasteiger partial charge on any atom is -0.435 e. The average Bonchev–Trinajstić information content (AvgIpc) is 3.41. The molecular weight excluding hydrogens is 376 g/mol. The molecule has 1 unspecified atom stereocenters. The summed E-state index contributed by atoms with van der Waals surface area (Å²) in [6.45, 7) is -0.803. The Morgan fingerprint density at radius 2 is 1.93 bits per heavy atom. The van der Waals surface area contributed by atoms with E-state index in [-0.39, 0.29) is 11.5 Å². The van der Waals surface area contributed by atoms with E-state index in [1.54, 1.807) is 18.3 Å². The van der Waals surface area contributed by atoms with Crippen LogP contribution in [-0.4, -0.2) is 35.3 Å². The molecule has 0 aliphatic carbocycles. The van der Waals surface area contributed by atoms with Gasteiger partial charge >= 0.3 is 6.61 Å². The van der Waals surface area contributed by atoms with Crippen molar-refractivity contribution in [3.63, 3.8) is 0 Å². The normalized spacial score (nSPS) is 16.3. The molecule has 1 aromatic heterocycles. The second kappa shape index (κ2) is 8.53. The van der Waals surface area contributed by atoms with Crippen molar-refractivity contribution in [2.45, 2.75) is 25.4 Å². The van der Waals surface area contributed by atoms with Crippen LogP contribution in [0.2, 0.25) is 0 Å². The predicted octanol–water partition coefficient (Wildman–Crippen LogP) is 3.98. The van der Waals surface area contributed by atoms with Gasteiger partial charge in [0.25, 0.3) is 0 Å². The lowest BCUT2D eigenvalue weighted by molar-refractivity contribution is -0.0498. The molecule has 0 spiro atoms. The van der Waals surface area contributed by atoms with Crippen LogP contribution in [0.1, 0.15) is 33.8 Å². The number of rotatable bonds is 7. The lowest BCUT2D eigenvalue weighted by Gasteiger charge is -2.09. The van der Waals surface area contributed by atoms with Gasteiger partial charge in [-0.2, -0.15) is 13.9 Å². The van der Waals surface area contributed by atoms with Crippen LogP contribution in [0.5, 0.6) is 5.75 Å². The molecule has 3 aromatic rings. The van der Waals surface area contributed by atoms with Crippen LogP contribution < -0.4 is 10.1 Å². The Labute approximate surface area is 167 Å². The van der Waals surface area contributed by atoms with Gasteiger partial charge in [-0.3, -0.25) is 4.79 Å². The van der Waals surface area contributed by atoms with Crippen LogP contribution in [0.4, 0.5) is 8.78 Å². The highest BCUT2D eigenvalue weighted by atomic mass is 19.3. The van der Waals surface area contributed by atoms with Crippen LogP contribution in [0.15, 0.2) is 60.9 Å². The maximum atomic E-state index is 12.6. The second-order valence-corrected chi connectivity index (χ2v) is 7.08. The van der Waals surface area contributed by atoms with Crippen molar-refractivity contribution >= 4 is 5.78 Å². The summed E-state index contributed by atoms with van der Waals surface area (Å²) in [4.78, 5) is 12.6. The SMILES string of the molecule is O=C(Cc1ccc(C2CCNC2)cc1)c1cnn(-c2ccc(OC(F)F)cc2)c1. The van der Waals surface area contributed by atoms with E-state index in [1.807, 2.05) is 12.1 Å². The highest BCUT2D eigenvalue weighted by Crippen LogP contribution is 2.23. The number of hydrogen-bond acceptors (Lipinski definition) is 4. The standard InChI is InChI=1S/C22H21F2N3O2/c23-22(24)29-20-7-5-19(6-8-20)27-14-18(13-26-27)21(28)11-15-1-3-16(4-2-15)17-9-10-25-12-17/h1-8,13-14,17,22,25H,9-12H2. The molecule has 5 nitrogen and oxygen atoms in total. The van der Waals surface area contributed by atoms with Gasteiger partial charge in [0.2, 0.25) is 0 Å². The number of carbonyl (C=O) groups excluding carboxylic acids is 1. The number of alkyl halides is 2. The smallest absolute Gasteiger partial charge is 0.387 e. The first-order chi connectivity index (χ1) is 14.1. The molecule has 7 heteroatoms. The van der Waals surface area contributed by atoms with E-state index in [4.69, 9.17) is 0 Å². The monoisotopic (exact) mass is 397 g/mol. The summed E-state index contributed by atoms with van der Waals surface area (Å²) < 4.78 is 30.3. The average molecular weight is 397 g/mol. The summed E-state index contributed by atoms with van der Waals surface area (Å²) in [5.41, 5.74) is 3.42. The zero-order chi connectivity index (χ0) is 20.2. The van der Waals surface area contributed by atoms with Gasteiger partial charge in [-0.1, -0.05) is 24.3 Å². The quantitative estimate of drug-likeness (QED) is 0.613. The molecule has 0 bridgehead atoms. The van der Waals surface area contributed by atoms with Gasteiger partial charge < -0.3 is 10.1 Å². The summed E-state index contributed by atoms with van der Waals surface area (Å²) in [5, 5.41) is 7.57. The van der Waals surface area contributed by atoms with Crippen LogP contribution in [0, 0.1) is 0 Å². The van der Waals surface area contributed by atoms with E-state index in [2.05, 4.69) is 27.3 Å². The Kier molecular flexibility index (Phi) is 5.67. The minimum atomic E-state index is -2.86. The molecule has 150 valence electrons. The summed E-state index contributed by atoms with van der Waals surface area (Å²) in [6.07, 6.45) is 4.61. The van der Waals surface area contributed by atoms with E-state index in [0.29, 0.717) is 23.6 Å². The number of ketones is 1. The number of aromatic nitrogens is 2. The van der Waals surface area contributed by atoms with Crippen LogP contribution in [-0.2, 0) is 6.42 Å². The van der Waals surface area contributed by atoms with Gasteiger partial charge in [-0.25, -0.2) is 4.68 Å². The summed E-state index contributed by atoms with van der Waals surface area (Å²) >= 11 is 0. The Morgan fingerprint density at radius 1 is 1.17 bits per heavy atom. The fourth-order valence-electron chi connectivity index (χ4n) is 3.52. The van der Waals surface area contributed by atoms with Crippen molar-refractivity contribution in [3.8, 4) is 11.4 Å². The molecule has 2 aromatic carbocycles. The Bertz CT molecular complexity index is 962. The van der Waals surface area contributed by atoms with E-state index in [0.717, 1.165) is 25.1 Å². The molecule has 2 heterocycles. The van der Waals surface area contributed by atoms with Crippen molar-refractivity contribution in [2.24, 2.45) is 0 Å². The molecule has 1 N–H and O–H groups in total. The molecule has 1 fully saturated rings. The molecule has 1 atom stereocenters.